The van der Waals surface area contributed by atoms with Crippen molar-refractivity contribution in [1.29, 1.82) is 0 Å². The van der Waals surface area contributed by atoms with Crippen LogP contribution in [0, 0.1) is 0 Å². The molecule has 0 atom stereocenters. The van der Waals surface area contributed by atoms with E-state index in [0.29, 0.717) is 17.3 Å². The van der Waals surface area contributed by atoms with Gasteiger partial charge in [-0.3, -0.25) is 9.71 Å². The standard InChI is InChI=1S/C19H12BrCl3N2O2S2/c20-15-17(19(23)28-18(15)22)29(26,27)25-13-3-1-2-11(8-13)16-14-9-12(21)5-4-10(14)6-7-24-16/h1-5,8-9,25H,6-7H2. The third-order valence-corrected chi connectivity index (χ3v) is 9.44. The molecule has 4 rings (SSSR count). The lowest BCUT2D eigenvalue weighted by atomic mass is 9.93. The van der Waals surface area contributed by atoms with Crippen molar-refractivity contribution < 1.29 is 8.42 Å². The number of hydrogen-bond donors (Lipinski definition) is 1. The van der Waals surface area contributed by atoms with Gasteiger partial charge in [-0.2, -0.15) is 0 Å². The highest BCUT2D eigenvalue weighted by molar-refractivity contribution is 9.10. The Bertz CT molecular complexity index is 1260. The quantitative estimate of drug-likeness (QED) is 0.395. The van der Waals surface area contributed by atoms with Crippen LogP contribution in [0.15, 0.2) is 56.8 Å². The Hall–Kier alpha value is -1.09. The Morgan fingerprint density at radius 1 is 1.07 bits per heavy atom. The van der Waals surface area contributed by atoms with Gasteiger partial charge in [-0.05, 0) is 52.2 Å². The van der Waals surface area contributed by atoms with Gasteiger partial charge in [0, 0.05) is 28.4 Å². The predicted octanol–water partition coefficient (Wildman–Crippen LogP) is 6.67. The van der Waals surface area contributed by atoms with Crippen LogP contribution in [0.5, 0.6) is 0 Å². The molecule has 0 saturated heterocycles. The molecule has 10 heteroatoms. The summed E-state index contributed by atoms with van der Waals surface area (Å²) in [5, 5.41) is 0.629. The van der Waals surface area contributed by atoms with E-state index >= 15 is 0 Å². The summed E-state index contributed by atoms with van der Waals surface area (Å²) in [7, 11) is -3.93. The number of anilines is 1. The molecule has 0 spiro atoms. The maximum Gasteiger partial charge on any atom is 0.265 e. The second-order valence-electron chi connectivity index (χ2n) is 6.26. The van der Waals surface area contributed by atoms with Crippen LogP contribution in [-0.2, 0) is 16.4 Å². The van der Waals surface area contributed by atoms with Crippen LogP contribution in [0.1, 0.15) is 16.7 Å². The van der Waals surface area contributed by atoms with E-state index in [1.54, 1.807) is 18.2 Å². The lowest BCUT2D eigenvalue weighted by Crippen LogP contribution is -2.16. The van der Waals surface area contributed by atoms with E-state index in [1.165, 1.54) is 0 Å². The average molecular weight is 551 g/mol. The molecule has 2 aromatic carbocycles. The fourth-order valence-electron chi connectivity index (χ4n) is 3.11. The van der Waals surface area contributed by atoms with Gasteiger partial charge >= 0.3 is 0 Å². The maximum atomic E-state index is 12.9. The van der Waals surface area contributed by atoms with Crippen LogP contribution in [0.25, 0.3) is 0 Å². The summed E-state index contributed by atoms with van der Waals surface area (Å²) in [6.07, 6.45) is 0.841. The fourth-order valence-corrected chi connectivity index (χ4v) is 7.89. The highest BCUT2D eigenvalue weighted by atomic mass is 79.9. The maximum absolute atomic E-state index is 12.9. The molecule has 0 amide bonds. The van der Waals surface area contributed by atoms with E-state index < -0.39 is 10.0 Å². The van der Waals surface area contributed by atoms with Crippen LogP contribution < -0.4 is 4.72 Å². The summed E-state index contributed by atoms with van der Waals surface area (Å²) in [5.74, 6) is 0. The van der Waals surface area contributed by atoms with Crippen molar-refractivity contribution in [1.82, 2.24) is 0 Å². The molecule has 0 bridgehead atoms. The normalized spacial score (nSPS) is 13.7. The minimum absolute atomic E-state index is 0.0771. The zero-order chi connectivity index (χ0) is 20.8. The molecule has 4 nitrogen and oxygen atoms in total. The zero-order valence-corrected chi connectivity index (χ0v) is 20.0. The third-order valence-electron chi connectivity index (χ3n) is 4.36. The van der Waals surface area contributed by atoms with Crippen molar-refractivity contribution in [3.05, 3.63) is 77.3 Å². The summed E-state index contributed by atoms with van der Waals surface area (Å²) in [4.78, 5) is 4.57. The first-order chi connectivity index (χ1) is 13.8. The van der Waals surface area contributed by atoms with E-state index in [2.05, 4.69) is 25.6 Å². The highest BCUT2D eigenvalue weighted by Crippen LogP contribution is 2.43. The second kappa shape index (κ2) is 8.21. The number of nitrogens with zero attached hydrogens (tertiary/aromatic N) is 1. The number of nitrogens with one attached hydrogen (secondary N) is 1. The third kappa shape index (κ3) is 4.22. The molecule has 0 unspecified atom stereocenters. The monoisotopic (exact) mass is 548 g/mol. The van der Waals surface area contributed by atoms with Crippen molar-refractivity contribution >= 4 is 83.5 Å². The first-order valence-electron chi connectivity index (χ1n) is 8.36. The summed E-state index contributed by atoms with van der Waals surface area (Å²) in [6, 6.07) is 12.8. The van der Waals surface area contributed by atoms with Crippen LogP contribution in [-0.4, -0.2) is 20.7 Å². The Morgan fingerprint density at radius 3 is 2.59 bits per heavy atom. The largest absolute Gasteiger partial charge is 0.284 e. The Labute approximate surface area is 195 Å². The van der Waals surface area contributed by atoms with Gasteiger partial charge in [0.1, 0.15) is 13.6 Å². The molecule has 29 heavy (non-hydrogen) atoms. The minimum atomic E-state index is -3.93. The lowest BCUT2D eigenvalue weighted by molar-refractivity contribution is 0.601. The number of benzene rings is 2. The Kier molecular flexibility index (Phi) is 5.99. The zero-order valence-electron chi connectivity index (χ0n) is 14.5. The smallest absolute Gasteiger partial charge is 0.265 e. The predicted molar refractivity (Wildman–Crippen MR) is 125 cm³/mol. The molecular weight excluding hydrogens is 539 g/mol. The minimum Gasteiger partial charge on any atom is -0.284 e. The van der Waals surface area contributed by atoms with Crippen LogP contribution in [0.4, 0.5) is 5.69 Å². The molecule has 0 aliphatic carbocycles. The van der Waals surface area contributed by atoms with E-state index in [4.69, 9.17) is 34.8 Å². The van der Waals surface area contributed by atoms with Gasteiger partial charge in [0.05, 0.1) is 10.2 Å². The van der Waals surface area contributed by atoms with Crippen molar-refractivity contribution in [3.8, 4) is 0 Å². The van der Waals surface area contributed by atoms with E-state index in [9.17, 15) is 8.42 Å². The highest BCUT2D eigenvalue weighted by Gasteiger charge is 2.26. The van der Waals surface area contributed by atoms with E-state index in [0.717, 1.165) is 40.2 Å². The number of thiophene rings is 1. The molecule has 1 N–H and O–H groups in total. The van der Waals surface area contributed by atoms with Crippen molar-refractivity contribution in [2.24, 2.45) is 4.99 Å². The van der Waals surface area contributed by atoms with Gasteiger partial charge in [0.25, 0.3) is 10.0 Å². The molecule has 3 aromatic rings. The topological polar surface area (TPSA) is 58.5 Å². The number of halogens is 4. The molecule has 0 radical (unpaired) electrons. The number of rotatable bonds is 4. The molecular formula is C19H12BrCl3N2O2S2. The van der Waals surface area contributed by atoms with Gasteiger partial charge in [-0.25, -0.2) is 8.42 Å². The molecule has 150 valence electrons. The molecule has 2 heterocycles. The molecule has 1 aliphatic rings. The first kappa shape index (κ1) is 21.2. The van der Waals surface area contributed by atoms with Crippen molar-refractivity contribution in [2.45, 2.75) is 11.3 Å². The SMILES string of the molecule is O=S(=O)(Nc1cccc(C2=NCCc3ccc(Cl)cc32)c1)c1c(Cl)sc(Cl)c1Br. The van der Waals surface area contributed by atoms with Gasteiger partial charge in [-0.15, -0.1) is 11.3 Å². The van der Waals surface area contributed by atoms with Crippen LogP contribution in [0.3, 0.4) is 0 Å². The number of fused-ring (bicyclic) bond motifs is 1. The Balaban J connectivity index is 1.71. The second-order valence-corrected chi connectivity index (χ2v) is 11.3. The summed E-state index contributed by atoms with van der Waals surface area (Å²) in [6.45, 7) is 0.663. The molecule has 0 saturated carbocycles. The summed E-state index contributed by atoms with van der Waals surface area (Å²) < 4.78 is 28.9. The van der Waals surface area contributed by atoms with Crippen LogP contribution >= 0.6 is 62.1 Å². The molecule has 0 fully saturated rings. The van der Waals surface area contributed by atoms with Crippen molar-refractivity contribution in [2.75, 3.05) is 11.3 Å². The first-order valence-corrected chi connectivity index (χ1v) is 12.6. The molecule has 1 aromatic heterocycles. The average Bonchev–Trinajstić information content (AvgIpc) is 2.93. The van der Waals surface area contributed by atoms with Gasteiger partial charge in [-0.1, -0.05) is 53.0 Å². The summed E-state index contributed by atoms with van der Waals surface area (Å²) >= 11 is 22.4. The lowest BCUT2D eigenvalue weighted by Gasteiger charge is -2.18. The van der Waals surface area contributed by atoms with Gasteiger partial charge < -0.3 is 0 Å². The van der Waals surface area contributed by atoms with Gasteiger partial charge in [0.15, 0.2) is 0 Å². The number of aliphatic imine (C=N–C) groups is 1. The summed E-state index contributed by atoms with van der Waals surface area (Å²) in [5.41, 5.74) is 4.09. The fraction of sp³-hybridized carbons (Fsp3) is 0.105. The van der Waals surface area contributed by atoms with E-state index in [-0.39, 0.29) is 18.0 Å². The Morgan fingerprint density at radius 2 is 1.86 bits per heavy atom. The number of hydrogen-bond acceptors (Lipinski definition) is 4. The van der Waals surface area contributed by atoms with E-state index in [1.807, 2.05) is 24.3 Å². The van der Waals surface area contributed by atoms with Gasteiger partial charge in [0.2, 0.25) is 0 Å². The number of sulfonamides is 1. The van der Waals surface area contributed by atoms with Crippen LogP contribution in [0.2, 0.25) is 13.7 Å². The molecule has 1 aliphatic heterocycles. The van der Waals surface area contributed by atoms with Crippen molar-refractivity contribution in [3.63, 3.8) is 0 Å².